The standard InChI is InChI=1S/C16H33BO2/c1-4-6-8-10-12-16(3,13-11-9-7-5-2)17-18-14-15-19-17/h4-15H2,1-3H3. The molecule has 0 saturated carbocycles. The summed E-state index contributed by atoms with van der Waals surface area (Å²) in [5.74, 6) is 0. The normalized spacial score (nSPS) is 16.3. The third-order valence-corrected chi connectivity index (χ3v) is 4.39. The van der Waals surface area contributed by atoms with Gasteiger partial charge in [0.2, 0.25) is 0 Å². The molecule has 0 unspecified atom stereocenters. The van der Waals surface area contributed by atoms with Crippen molar-refractivity contribution in [1.29, 1.82) is 0 Å². The van der Waals surface area contributed by atoms with Gasteiger partial charge in [-0.25, -0.2) is 0 Å². The lowest BCUT2D eigenvalue weighted by molar-refractivity contribution is 0.295. The van der Waals surface area contributed by atoms with Crippen molar-refractivity contribution in [2.75, 3.05) is 13.2 Å². The van der Waals surface area contributed by atoms with Crippen molar-refractivity contribution in [1.82, 2.24) is 0 Å². The Labute approximate surface area is 120 Å². The fourth-order valence-corrected chi connectivity index (χ4v) is 3.03. The zero-order valence-corrected chi connectivity index (χ0v) is 13.4. The third-order valence-electron chi connectivity index (χ3n) is 4.39. The van der Waals surface area contributed by atoms with E-state index in [0.29, 0.717) is 0 Å². The van der Waals surface area contributed by atoms with Gasteiger partial charge in [0, 0.05) is 5.31 Å². The zero-order valence-electron chi connectivity index (χ0n) is 13.4. The van der Waals surface area contributed by atoms with E-state index in [-0.39, 0.29) is 12.4 Å². The van der Waals surface area contributed by atoms with E-state index in [1.807, 2.05) is 0 Å². The second-order valence-corrected chi connectivity index (χ2v) is 6.35. The van der Waals surface area contributed by atoms with Crippen LogP contribution in [0.5, 0.6) is 0 Å². The molecule has 0 spiro atoms. The van der Waals surface area contributed by atoms with Gasteiger partial charge in [-0.2, -0.15) is 0 Å². The predicted molar refractivity (Wildman–Crippen MR) is 83.5 cm³/mol. The number of unbranched alkanes of at least 4 members (excludes halogenated alkanes) is 6. The average Bonchev–Trinajstić information content (AvgIpc) is 2.95. The molecule has 0 aromatic rings. The number of rotatable bonds is 11. The smallest absolute Gasteiger partial charge is 0.408 e. The minimum absolute atomic E-state index is 0.0516. The van der Waals surface area contributed by atoms with Crippen LogP contribution in [-0.4, -0.2) is 20.3 Å². The molecule has 1 saturated heterocycles. The minimum atomic E-state index is 0.0516. The zero-order chi connectivity index (χ0) is 14.0. The van der Waals surface area contributed by atoms with Crippen molar-refractivity contribution in [2.24, 2.45) is 0 Å². The Balaban J connectivity index is 2.36. The summed E-state index contributed by atoms with van der Waals surface area (Å²) in [6.07, 6.45) is 13.2. The van der Waals surface area contributed by atoms with Gasteiger partial charge >= 0.3 is 7.12 Å². The van der Waals surface area contributed by atoms with Gasteiger partial charge < -0.3 is 9.31 Å². The predicted octanol–water partition coefficient (Wildman–Crippen LogP) is 5.22. The van der Waals surface area contributed by atoms with Crippen LogP contribution in [0, 0.1) is 0 Å². The van der Waals surface area contributed by atoms with Gasteiger partial charge in [0.25, 0.3) is 0 Å². The summed E-state index contributed by atoms with van der Waals surface area (Å²) in [4.78, 5) is 0. The molecular weight excluding hydrogens is 235 g/mol. The summed E-state index contributed by atoms with van der Waals surface area (Å²) in [6.45, 7) is 8.48. The van der Waals surface area contributed by atoms with Crippen LogP contribution in [0.15, 0.2) is 0 Å². The first-order chi connectivity index (χ1) is 9.23. The first kappa shape index (κ1) is 17.0. The van der Waals surface area contributed by atoms with Crippen LogP contribution in [0.1, 0.15) is 85.0 Å². The SMILES string of the molecule is CCCCCCC(C)(CCCCCC)B1OCCO1. The highest BCUT2D eigenvalue weighted by molar-refractivity contribution is 6.49. The van der Waals surface area contributed by atoms with Crippen LogP contribution in [-0.2, 0) is 9.31 Å². The Morgan fingerprint density at radius 2 is 1.26 bits per heavy atom. The van der Waals surface area contributed by atoms with E-state index in [2.05, 4.69) is 20.8 Å². The number of hydrogen-bond acceptors (Lipinski definition) is 2. The maximum Gasteiger partial charge on any atom is 0.463 e. The fraction of sp³-hybridized carbons (Fsp3) is 1.00. The fourth-order valence-electron chi connectivity index (χ4n) is 3.03. The van der Waals surface area contributed by atoms with E-state index in [0.717, 1.165) is 13.2 Å². The molecule has 0 aromatic heterocycles. The van der Waals surface area contributed by atoms with Gasteiger partial charge in [0.15, 0.2) is 0 Å². The van der Waals surface area contributed by atoms with E-state index < -0.39 is 0 Å². The van der Waals surface area contributed by atoms with Crippen LogP contribution >= 0.6 is 0 Å². The molecule has 1 heterocycles. The van der Waals surface area contributed by atoms with Crippen LogP contribution < -0.4 is 0 Å². The summed E-state index contributed by atoms with van der Waals surface area (Å²) in [6, 6.07) is 0. The lowest BCUT2D eigenvalue weighted by Gasteiger charge is -2.31. The third kappa shape index (κ3) is 6.31. The van der Waals surface area contributed by atoms with Crippen molar-refractivity contribution in [3.63, 3.8) is 0 Å². The van der Waals surface area contributed by atoms with E-state index >= 15 is 0 Å². The summed E-state index contributed by atoms with van der Waals surface area (Å²) < 4.78 is 11.6. The van der Waals surface area contributed by atoms with Crippen LogP contribution in [0.2, 0.25) is 5.31 Å². The van der Waals surface area contributed by atoms with Crippen molar-refractivity contribution >= 4 is 7.12 Å². The molecule has 2 nitrogen and oxygen atoms in total. The molecule has 0 radical (unpaired) electrons. The maximum absolute atomic E-state index is 5.81. The van der Waals surface area contributed by atoms with Crippen LogP contribution in [0.25, 0.3) is 0 Å². The van der Waals surface area contributed by atoms with Crippen LogP contribution in [0.4, 0.5) is 0 Å². The molecule has 1 aliphatic rings. The Morgan fingerprint density at radius 1 is 0.789 bits per heavy atom. The topological polar surface area (TPSA) is 18.5 Å². The molecule has 0 atom stereocenters. The highest BCUT2D eigenvalue weighted by atomic mass is 16.6. The van der Waals surface area contributed by atoms with Gasteiger partial charge in [-0.05, 0) is 12.8 Å². The first-order valence-electron chi connectivity index (χ1n) is 8.46. The van der Waals surface area contributed by atoms with Gasteiger partial charge in [-0.15, -0.1) is 0 Å². The Kier molecular flexibility index (Phi) is 8.81. The molecular formula is C16H33BO2. The van der Waals surface area contributed by atoms with E-state index in [4.69, 9.17) is 9.31 Å². The highest BCUT2D eigenvalue weighted by Gasteiger charge is 2.43. The summed E-state index contributed by atoms with van der Waals surface area (Å²) in [7, 11) is 0.0516. The van der Waals surface area contributed by atoms with E-state index in [1.165, 1.54) is 64.2 Å². The lowest BCUT2D eigenvalue weighted by atomic mass is 9.54. The Hall–Kier alpha value is -0.0151. The molecule has 1 fully saturated rings. The van der Waals surface area contributed by atoms with Gasteiger partial charge in [-0.3, -0.25) is 0 Å². The van der Waals surface area contributed by atoms with E-state index in [1.54, 1.807) is 0 Å². The molecule has 0 amide bonds. The monoisotopic (exact) mass is 268 g/mol. The van der Waals surface area contributed by atoms with Gasteiger partial charge in [0.05, 0.1) is 13.2 Å². The second-order valence-electron chi connectivity index (χ2n) is 6.35. The molecule has 0 N–H and O–H groups in total. The number of hydrogen-bond donors (Lipinski definition) is 0. The quantitative estimate of drug-likeness (QED) is 0.377. The van der Waals surface area contributed by atoms with Crippen molar-refractivity contribution < 1.29 is 9.31 Å². The summed E-state index contributed by atoms with van der Waals surface area (Å²) >= 11 is 0. The molecule has 0 bridgehead atoms. The summed E-state index contributed by atoms with van der Waals surface area (Å²) in [5, 5.41) is 0.234. The van der Waals surface area contributed by atoms with Crippen molar-refractivity contribution in [2.45, 2.75) is 90.3 Å². The van der Waals surface area contributed by atoms with Gasteiger partial charge in [0.1, 0.15) is 0 Å². The lowest BCUT2D eigenvalue weighted by Crippen LogP contribution is -2.32. The van der Waals surface area contributed by atoms with Crippen LogP contribution in [0.3, 0.4) is 0 Å². The Morgan fingerprint density at radius 3 is 1.68 bits per heavy atom. The Bertz CT molecular complexity index is 203. The summed E-state index contributed by atoms with van der Waals surface area (Å²) in [5.41, 5.74) is 0. The molecule has 0 aromatic carbocycles. The molecule has 1 aliphatic heterocycles. The molecule has 19 heavy (non-hydrogen) atoms. The average molecular weight is 268 g/mol. The molecule has 112 valence electrons. The van der Waals surface area contributed by atoms with Gasteiger partial charge in [-0.1, -0.05) is 72.1 Å². The first-order valence-corrected chi connectivity index (χ1v) is 8.46. The molecule has 0 aliphatic carbocycles. The van der Waals surface area contributed by atoms with E-state index in [9.17, 15) is 0 Å². The largest absolute Gasteiger partial charge is 0.463 e. The minimum Gasteiger partial charge on any atom is -0.408 e. The van der Waals surface area contributed by atoms with Crippen molar-refractivity contribution in [3.05, 3.63) is 0 Å². The molecule has 1 rings (SSSR count). The maximum atomic E-state index is 5.81. The highest BCUT2D eigenvalue weighted by Crippen LogP contribution is 2.43. The second kappa shape index (κ2) is 9.82. The van der Waals surface area contributed by atoms with Crippen molar-refractivity contribution in [3.8, 4) is 0 Å². The molecule has 3 heteroatoms.